The van der Waals surface area contributed by atoms with Crippen LogP contribution in [-0.4, -0.2) is 6.03 Å². The Morgan fingerprint density at radius 1 is 1.23 bits per heavy atom. The molecule has 116 valence electrons. The van der Waals surface area contributed by atoms with Crippen LogP contribution in [0.3, 0.4) is 0 Å². The predicted octanol–water partition coefficient (Wildman–Crippen LogP) is 5.12. The molecule has 0 bridgehead atoms. The van der Waals surface area contributed by atoms with Gasteiger partial charge in [-0.05, 0) is 25.0 Å². The lowest BCUT2D eigenvalue weighted by Crippen LogP contribution is -2.52. The highest BCUT2D eigenvalue weighted by molar-refractivity contribution is 6.35. The summed E-state index contributed by atoms with van der Waals surface area (Å²) in [4.78, 5) is 12.1. The lowest BCUT2D eigenvalue weighted by Gasteiger charge is -2.42. The van der Waals surface area contributed by atoms with Crippen LogP contribution in [-0.2, 0) is 11.4 Å². The number of rotatable bonds is 1. The average Bonchev–Trinajstić information content (AvgIpc) is 2.90. The molecule has 2 heterocycles. The van der Waals surface area contributed by atoms with Gasteiger partial charge in [-0.15, -0.1) is 11.6 Å². The summed E-state index contributed by atoms with van der Waals surface area (Å²) in [5.41, 5.74) is 2.05. The van der Waals surface area contributed by atoms with Gasteiger partial charge in [0, 0.05) is 10.9 Å². The zero-order chi connectivity index (χ0) is 15.3. The molecule has 4 nitrogen and oxygen atoms in total. The second-order valence-electron chi connectivity index (χ2n) is 6.09. The van der Waals surface area contributed by atoms with Crippen LogP contribution in [0.5, 0.6) is 0 Å². The maximum atomic E-state index is 12.1. The second kappa shape index (κ2) is 5.07. The molecule has 0 radical (unpaired) electrons. The number of amides is 2. The molecule has 1 aromatic carbocycles. The number of furan rings is 1. The number of hydrogen-bond donors (Lipinski definition) is 2. The van der Waals surface area contributed by atoms with Crippen LogP contribution in [0.2, 0.25) is 5.02 Å². The van der Waals surface area contributed by atoms with Crippen molar-refractivity contribution in [3.63, 3.8) is 0 Å². The fraction of sp³-hybridized carbons (Fsp3) is 0.438. The molecule has 2 amide bonds. The zero-order valence-electron chi connectivity index (χ0n) is 12.0. The van der Waals surface area contributed by atoms with Crippen LogP contribution in [0.4, 0.5) is 10.5 Å². The van der Waals surface area contributed by atoms with Gasteiger partial charge in [-0.3, -0.25) is 0 Å². The standard InChI is InChI=1S/C16H16Cl2N2O2/c17-8-10-6-9-7-11(18)13-12(14(9)22-10)16(20-15(21)19-13)4-2-1-3-5-16/h6-7H,1-5,8H2,(H2,19,20,21). The highest BCUT2D eigenvalue weighted by atomic mass is 35.5. The molecule has 1 aromatic heterocycles. The molecular formula is C16H16Cl2N2O2. The number of benzene rings is 1. The Bertz CT molecular complexity index is 763. The van der Waals surface area contributed by atoms with Crippen LogP contribution in [0, 0.1) is 0 Å². The van der Waals surface area contributed by atoms with Crippen LogP contribution < -0.4 is 10.6 Å². The molecule has 2 N–H and O–H groups in total. The van der Waals surface area contributed by atoms with E-state index in [-0.39, 0.29) is 11.6 Å². The van der Waals surface area contributed by atoms with E-state index in [2.05, 4.69) is 10.6 Å². The Kier molecular flexibility index (Phi) is 3.27. The molecular weight excluding hydrogens is 323 g/mol. The number of alkyl halides is 1. The maximum Gasteiger partial charge on any atom is 0.319 e. The Balaban J connectivity index is 2.03. The number of carbonyl (C=O) groups excluding carboxylic acids is 1. The largest absolute Gasteiger partial charge is 0.459 e. The molecule has 22 heavy (non-hydrogen) atoms. The Morgan fingerprint density at radius 3 is 2.73 bits per heavy atom. The van der Waals surface area contributed by atoms with Crippen molar-refractivity contribution in [1.29, 1.82) is 0 Å². The summed E-state index contributed by atoms with van der Waals surface area (Å²) in [5.74, 6) is 1.03. The van der Waals surface area contributed by atoms with Crippen molar-refractivity contribution in [1.82, 2.24) is 5.32 Å². The van der Waals surface area contributed by atoms with E-state index < -0.39 is 0 Å². The molecule has 1 fully saturated rings. The molecule has 1 saturated carbocycles. The van der Waals surface area contributed by atoms with E-state index in [4.69, 9.17) is 27.6 Å². The van der Waals surface area contributed by atoms with Crippen LogP contribution in [0.15, 0.2) is 16.5 Å². The minimum atomic E-state index is -0.388. The van der Waals surface area contributed by atoms with E-state index in [9.17, 15) is 4.79 Å². The first-order valence-electron chi connectivity index (χ1n) is 7.53. The van der Waals surface area contributed by atoms with Crippen molar-refractivity contribution >= 4 is 45.9 Å². The fourth-order valence-electron chi connectivity index (χ4n) is 3.80. The number of anilines is 1. The molecule has 0 saturated heterocycles. The van der Waals surface area contributed by atoms with Crippen LogP contribution in [0.1, 0.15) is 43.4 Å². The maximum absolute atomic E-state index is 12.1. The summed E-state index contributed by atoms with van der Waals surface area (Å²) in [6.07, 6.45) is 5.16. The van der Waals surface area contributed by atoms with Crippen molar-refractivity contribution in [3.8, 4) is 0 Å². The SMILES string of the molecule is O=C1Nc2c(Cl)cc3cc(CCl)oc3c2C2(CCCCC2)N1. The molecule has 2 aromatic rings. The van der Waals surface area contributed by atoms with Crippen molar-refractivity contribution in [2.75, 3.05) is 5.32 Å². The number of urea groups is 1. The number of carbonyl (C=O) groups is 1. The van der Waals surface area contributed by atoms with Crippen molar-refractivity contribution < 1.29 is 9.21 Å². The number of halogens is 2. The fourth-order valence-corrected chi connectivity index (χ4v) is 4.19. The minimum absolute atomic E-state index is 0.195. The Morgan fingerprint density at radius 2 is 2.00 bits per heavy atom. The first-order valence-corrected chi connectivity index (χ1v) is 8.45. The highest BCUT2D eigenvalue weighted by Crippen LogP contribution is 2.48. The normalized spacial score (nSPS) is 19.8. The minimum Gasteiger partial charge on any atom is -0.459 e. The molecule has 1 aliphatic heterocycles. The summed E-state index contributed by atoms with van der Waals surface area (Å²) < 4.78 is 5.95. The quantitative estimate of drug-likeness (QED) is 0.709. The number of nitrogens with one attached hydrogen (secondary N) is 2. The highest BCUT2D eigenvalue weighted by Gasteiger charge is 2.43. The Labute approximate surface area is 138 Å². The lowest BCUT2D eigenvalue weighted by molar-refractivity contribution is 0.209. The van der Waals surface area contributed by atoms with Crippen LogP contribution >= 0.6 is 23.2 Å². The third-order valence-electron chi connectivity index (χ3n) is 4.72. The van der Waals surface area contributed by atoms with Gasteiger partial charge in [0.15, 0.2) is 0 Å². The topological polar surface area (TPSA) is 54.3 Å². The van der Waals surface area contributed by atoms with Gasteiger partial charge in [0.1, 0.15) is 11.3 Å². The Hall–Kier alpha value is -1.39. The monoisotopic (exact) mass is 338 g/mol. The third kappa shape index (κ3) is 2.01. The third-order valence-corrected chi connectivity index (χ3v) is 5.28. The predicted molar refractivity (Wildman–Crippen MR) is 87.7 cm³/mol. The van der Waals surface area contributed by atoms with Gasteiger partial charge >= 0.3 is 6.03 Å². The summed E-state index contributed by atoms with van der Waals surface area (Å²) in [7, 11) is 0. The van der Waals surface area contributed by atoms with Crippen LogP contribution in [0.25, 0.3) is 11.0 Å². The van der Waals surface area contributed by atoms with E-state index >= 15 is 0 Å². The van der Waals surface area contributed by atoms with Gasteiger partial charge < -0.3 is 15.1 Å². The lowest BCUT2D eigenvalue weighted by atomic mass is 9.74. The smallest absolute Gasteiger partial charge is 0.319 e. The molecule has 0 unspecified atom stereocenters. The molecule has 2 aliphatic rings. The summed E-state index contributed by atoms with van der Waals surface area (Å²) in [6.45, 7) is 0. The van der Waals surface area contributed by atoms with Crippen molar-refractivity contribution in [2.24, 2.45) is 0 Å². The van der Waals surface area contributed by atoms with Gasteiger partial charge in [-0.2, -0.15) is 0 Å². The van der Waals surface area contributed by atoms with Crippen molar-refractivity contribution in [3.05, 3.63) is 28.5 Å². The number of fused-ring (bicyclic) bond motifs is 4. The molecule has 1 aliphatic carbocycles. The second-order valence-corrected chi connectivity index (χ2v) is 6.77. The van der Waals surface area contributed by atoms with E-state index in [0.29, 0.717) is 22.4 Å². The van der Waals surface area contributed by atoms with E-state index in [1.807, 2.05) is 12.1 Å². The van der Waals surface area contributed by atoms with Gasteiger partial charge in [-0.1, -0.05) is 30.9 Å². The van der Waals surface area contributed by atoms with Gasteiger partial charge in [-0.25, -0.2) is 4.79 Å². The zero-order valence-corrected chi connectivity index (χ0v) is 13.5. The van der Waals surface area contributed by atoms with E-state index in [1.54, 1.807) is 0 Å². The summed E-state index contributed by atoms with van der Waals surface area (Å²) in [6, 6.07) is 3.55. The molecule has 0 atom stereocenters. The van der Waals surface area contributed by atoms with Crippen molar-refractivity contribution in [2.45, 2.75) is 43.5 Å². The first kappa shape index (κ1) is 14.2. The molecule has 4 rings (SSSR count). The van der Waals surface area contributed by atoms with E-state index in [1.165, 1.54) is 6.42 Å². The summed E-state index contributed by atoms with van der Waals surface area (Å²) in [5, 5.41) is 7.46. The summed E-state index contributed by atoms with van der Waals surface area (Å²) >= 11 is 12.3. The van der Waals surface area contributed by atoms with Gasteiger partial charge in [0.2, 0.25) is 0 Å². The molecule has 6 heteroatoms. The van der Waals surface area contributed by atoms with Gasteiger partial charge in [0.25, 0.3) is 0 Å². The molecule has 1 spiro atoms. The number of hydrogen-bond acceptors (Lipinski definition) is 2. The first-order chi connectivity index (χ1) is 10.6. The average molecular weight is 339 g/mol. The van der Waals surface area contributed by atoms with E-state index in [0.717, 1.165) is 42.2 Å². The van der Waals surface area contributed by atoms with Gasteiger partial charge in [0.05, 0.1) is 22.1 Å².